The first-order valence-corrected chi connectivity index (χ1v) is 8.30. The van der Waals surface area contributed by atoms with Gasteiger partial charge in [0.05, 0.1) is 7.11 Å². The number of nitrogens with one attached hydrogen (secondary N) is 1. The van der Waals surface area contributed by atoms with Crippen LogP contribution >= 0.6 is 0 Å². The van der Waals surface area contributed by atoms with Gasteiger partial charge in [0.25, 0.3) is 0 Å². The summed E-state index contributed by atoms with van der Waals surface area (Å²) in [5, 5.41) is 11.4. The van der Waals surface area contributed by atoms with E-state index in [1.807, 2.05) is 30.3 Å². The Morgan fingerprint density at radius 1 is 1.23 bits per heavy atom. The van der Waals surface area contributed by atoms with Gasteiger partial charge in [0.1, 0.15) is 6.07 Å². The Balaban J connectivity index is 2.05. The van der Waals surface area contributed by atoms with Crippen LogP contribution in [0.1, 0.15) is 30.9 Å². The summed E-state index contributed by atoms with van der Waals surface area (Å²) in [5.74, 6) is 1.18. The molecule has 0 aromatic heterocycles. The van der Waals surface area contributed by atoms with Gasteiger partial charge in [0.2, 0.25) is 5.91 Å². The quantitative estimate of drug-likeness (QED) is 0.753. The monoisotopic (exact) mass is 350 g/mol. The molecule has 2 aromatic rings. The number of nitriles is 1. The number of benzene rings is 2. The molecule has 0 aliphatic rings. The molecule has 0 aliphatic carbocycles. The zero-order chi connectivity index (χ0) is 18.9. The van der Waals surface area contributed by atoms with Crippen molar-refractivity contribution in [1.29, 1.82) is 5.26 Å². The highest BCUT2D eigenvalue weighted by Gasteiger charge is 2.05. The van der Waals surface area contributed by atoms with E-state index in [1.54, 1.807) is 24.3 Å². The third-order valence-corrected chi connectivity index (χ3v) is 3.73. The van der Waals surface area contributed by atoms with Crippen molar-refractivity contribution in [3.8, 4) is 17.6 Å². The molecule has 0 spiro atoms. The normalized spacial score (nSPS) is 10.6. The summed E-state index contributed by atoms with van der Waals surface area (Å²) in [7, 11) is 1.52. The molecule has 0 saturated carbocycles. The Morgan fingerprint density at radius 3 is 2.73 bits per heavy atom. The molecule has 0 saturated heterocycles. The van der Waals surface area contributed by atoms with Crippen molar-refractivity contribution in [3.63, 3.8) is 0 Å². The van der Waals surface area contributed by atoms with Crippen LogP contribution in [0.3, 0.4) is 0 Å². The molecule has 2 rings (SSSR count). The predicted octanol–water partition coefficient (Wildman–Crippen LogP) is 4.37. The van der Waals surface area contributed by atoms with Crippen LogP contribution in [0.4, 0.5) is 5.69 Å². The maximum atomic E-state index is 12.1. The summed E-state index contributed by atoms with van der Waals surface area (Å²) in [5.41, 5.74) is 2.73. The minimum atomic E-state index is -0.213. The molecular formula is C21H22N2O3. The number of anilines is 1. The summed E-state index contributed by atoms with van der Waals surface area (Å²) >= 11 is 0. The Labute approximate surface area is 153 Å². The molecular weight excluding hydrogens is 328 g/mol. The van der Waals surface area contributed by atoms with Crippen LogP contribution in [0.25, 0.3) is 6.08 Å². The average Bonchev–Trinajstić information content (AvgIpc) is 2.65. The number of hydrogen-bond donors (Lipinski definition) is 1. The Morgan fingerprint density at radius 2 is 2.04 bits per heavy atom. The van der Waals surface area contributed by atoms with Crippen molar-refractivity contribution < 1.29 is 14.3 Å². The number of hydrogen-bond acceptors (Lipinski definition) is 4. The van der Waals surface area contributed by atoms with Crippen molar-refractivity contribution >= 4 is 17.7 Å². The van der Waals surface area contributed by atoms with E-state index in [2.05, 4.69) is 19.2 Å². The number of ether oxygens (including phenoxy) is 2. The van der Waals surface area contributed by atoms with Gasteiger partial charge >= 0.3 is 0 Å². The fourth-order valence-corrected chi connectivity index (χ4v) is 2.35. The minimum absolute atomic E-state index is 0.0522. The molecule has 0 heterocycles. The number of methoxy groups -OCH3 is 1. The first kappa shape index (κ1) is 19.1. The van der Waals surface area contributed by atoms with E-state index in [9.17, 15) is 4.79 Å². The second-order valence-electron chi connectivity index (χ2n) is 5.96. The third kappa shape index (κ3) is 5.38. The van der Waals surface area contributed by atoms with E-state index < -0.39 is 0 Å². The molecule has 0 bridgehead atoms. The Kier molecular flexibility index (Phi) is 6.81. The third-order valence-electron chi connectivity index (χ3n) is 3.73. The number of amides is 1. The van der Waals surface area contributed by atoms with Gasteiger partial charge in [-0.25, -0.2) is 0 Å². The topological polar surface area (TPSA) is 71.3 Å². The number of rotatable bonds is 7. The van der Waals surface area contributed by atoms with E-state index in [1.165, 1.54) is 18.7 Å². The molecule has 134 valence electrons. The molecule has 5 heteroatoms. The summed E-state index contributed by atoms with van der Waals surface area (Å²) in [6.07, 6.45) is 3.16. The van der Waals surface area contributed by atoms with E-state index in [-0.39, 0.29) is 12.5 Å². The summed E-state index contributed by atoms with van der Waals surface area (Å²) in [4.78, 5) is 12.1. The smallest absolute Gasteiger partial charge is 0.248 e. The first-order chi connectivity index (χ1) is 12.5. The van der Waals surface area contributed by atoms with Crippen LogP contribution in [-0.2, 0) is 4.79 Å². The molecule has 1 N–H and O–H groups in total. The van der Waals surface area contributed by atoms with Crippen molar-refractivity contribution in [2.75, 3.05) is 19.0 Å². The zero-order valence-electron chi connectivity index (χ0n) is 15.2. The molecule has 26 heavy (non-hydrogen) atoms. The van der Waals surface area contributed by atoms with Crippen molar-refractivity contribution in [1.82, 2.24) is 0 Å². The van der Waals surface area contributed by atoms with Crippen LogP contribution < -0.4 is 14.8 Å². The van der Waals surface area contributed by atoms with E-state index in [0.29, 0.717) is 17.4 Å². The fraction of sp³-hybridized carbons (Fsp3) is 0.238. The lowest BCUT2D eigenvalue weighted by Gasteiger charge is -2.09. The molecule has 0 aliphatic heterocycles. The molecule has 0 fully saturated rings. The SMILES string of the molecule is COc1cc(/C=C/C(=O)Nc2cccc(C(C)C)c2)ccc1OCC#N. The standard InChI is InChI=1S/C21H22N2O3/c1-15(2)17-5-4-6-18(14-17)23-21(24)10-8-16-7-9-19(26-12-11-22)20(13-16)25-3/h4-10,13-15H,12H2,1-3H3,(H,23,24)/b10-8+. The van der Waals surface area contributed by atoms with E-state index >= 15 is 0 Å². The van der Waals surface area contributed by atoms with E-state index in [4.69, 9.17) is 14.7 Å². The van der Waals surface area contributed by atoms with Crippen LogP contribution in [0, 0.1) is 11.3 Å². The van der Waals surface area contributed by atoms with Crippen molar-refractivity contribution in [2.45, 2.75) is 19.8 Å². The van der Waals surface area contributed by atoms with Crippen LogP contribution in [0.5, 0.6) is 11.5 Å². The highest BCUT2D eigenvalue weighted by molar-refractivity contribution is 6.02. The number of nitrogens with zero attached hydrogens (tertiary/aromatic N) is 1. The van der Waals surface area contributed by atoms with Gasteiger partial charge in [-0.15, -0.1) is 0 Å². The maximum Gasteiger partial charge on any atom is 0.248 e. The van der Waals surface area contributed by atoms with Crippen molar-refractivity contribution in [2.24, 2.45) is 0 Å². The van der Waals surface area contributed by atoms with Gasteiger partial charge in [0, 0.05) is 11.8 Å². The molecule has 1 amide bonds. The fourth-order valence-electron chi connectivity index (χ4n) is 2.35. The molecule has 0 atom stereocenters. The number of carbonyl (C=O) groups excluding carboxylic acids is 1. The van der Waals surface area contributed by atoms with Gasteiger partial charge in [0.15, 0.2) is 18.1 Å². The summed E-state index contributed by atoms with van der Waals surface area (Å²) < 4.78 is 10.5. The van der Waals surface area contributed by atoms with E-state index in [0.717, 1.165) is 11.3 Å². The molecule has 0 radical (unpaired) electrons. The molecule has 5 nitrogen and oxygen atoms in total. The Bertz CT molecular complexity index is 835. The van der Waals surface area contributed by atoms with Crippen LogP contribution in [0.15, 0.2) is 48.5 Å². The lowest BCUT2D eigenvalue weighted by Crippen LogP contribution is -2.08. The van der Waals surface area contributed by atoms with Crippen LogP contribution in [0.2, 0.25) is 0 Å². The highest BCUT2D eigenvalue weighted by atomic mass is 16.5. The lowest BCUT2D eigenvalue weighted by atomic mass is 10.0. The van der Waals surface area contributed by atoms with Gasteiger partial charge < -0.3 is 14.8 Å². The average molecular weight is 350 g/mol. The highest BCUT2D eigenvalue weighted by Crippen LogP contribution is 2.28. The molecule has 2 aromatic carbocycles. The minimum Gasteiger partial charge on any atom is -0.493 e. The maximum absolute atomic E-state index is 12.1. The van der Waals surface area contributed by atoms with Crippen molar-refractivity contribution in [3.05, 3.63) is 59.7 Å². The van der Waals surface area contributed by atoms with Gasteiger partial charge in [-0.3, -0.25) is 4.79 Å². The molecule has 0 unspecified atom stereocenters. The Hall–Kier alpha value is -3.26. The lowest BCUT2D eigenvalue weighted by molar-refractivity contribution is -0.111. The first-order valence-electron chi connectivity index (χ1n) is 8.30. The second-order valence-corrected chi connectivity index (χ2v) is 5.96. The van der Waals surface area contributed by atoms with Gasteiger partial charge in [-0.05, 0) is 47.4 Å². The van der Waals surface area contributed by atoms with Gasteiger partial charge in [-0.1, -0.05) is 32.0 Å². The number of carbonyl (C=O) groups is 1. The van der Waals surface area contributed by atoms with Gasteiger partial charge in [-0.2, -0.15) is 5.26 Å². The second kappa shape index (κ2) is 9.28. The summed E-state index contributed by atoms with van der Waals surface area (Å²) in [6, 6.07) is 15.0. The zero-order valence-corrected chi connectivity index (χ0v) is 15.2. The predicted molar refractivity (Wildman–Crippen MR) is 102 cm³/mol. The largest absolute Gasteiger partial charge is 0.493 e. The van der Waals surface area contributed by atoms with Crippen LogP contribution in [-0.4, -0.2) is 19.6 Å². The summed E-state index contributed by atoms with van der Waals surface area (Å²) in [6.45, 7) is 4.17.